The Balaban J connectivity index is 2.15. The fraction of sp³-hybridized carbons (Fsp3) is 0.118. The Morgan fingerprint density at radius 1 is 1.04 bits per heavy atom. The van der Waals surface area contributed by atoms with E-state index in [1.807, 2.05) is 6.92 Å². The first-order valence-electron chi connectivity index (χ1n) is 7.05. The van der Waals surface area contributed by atoms with Crippen LogP contribution in [0.25, 0.3) is 11.0 Å². The van der Waals surface area contributed by atoms with E-state index in [1.54, 1.807) is 19.1 Å². The van der Waals surface area contributed by atoms with Gasteiger partial charge in [-0.25, -0.2) is 4.79 Å². The molecule has 0 unspecified atom stereocenters. The fourth-order valence-electron chi connectivity index (χ4n) is 2.26. The average Bonchev–Trinajstić information content (AvgIpc) is 2.51. The van der Waals surface area contributed by atoms with Crippen LogP contribution in [0, 0.1) is 13.8 Å². The van der Waals surface area contributed by atoms with Crippen molar-refractivity contribution in [3.05, 3.63) is 64.0 Å². The molecule has 6 nitrogen and oxygen atoms in total. The predicted molar refractivity (Wildman–Crippen MR) is 87.9 cm³/mol. The summed E-state index contributed by atoms with van der Waals surface area (Å²) in [5.41, 5.74) is 0.538. The Bertz CT molecular complexity index is 1080. The Morgan fingerprint density at radius 3 is 2.38 bits per heavy atom. The highest BCUT2D eigenvalue weighted by Crippen LogP contribution is 2.32. The van der Waals surface area contributed by atoms with E-state index in [4.69, 9.17) is 8.60 Å². The number of phenolic OH excluding ortho intramolecular Hbond substituents is 1. The summed E-state index contributed by atoms with van der Waals surface area (Å²) in [5, 5.41) is 9.99. The van der Waals surface area contributed by atoms with Gasteiger partial charge in [-0.15, -0.1) is 0 Å². The third-order valence-corrected chi connectivity index (χ3v) is 4.85. The lowest BCUT2D eigenvalue weighted by atomic mass is 10.1. The summed E-state index contributed by atoms with van der Waals surface area (Å²) in [6, 6.07) is 9.92. The SMILES string of the molecule is Cc1ccc(S(=O)(=O)Oc2cc(=O)oc3c(C)c(O)ccc23)cc1. The van der Waals surface area contributed by atoms with Crippen LogP contribution < -0.4 is 9.81 Å². The molecule has 24 heavy (non-hydrogen) atoms. The highest BCUT2D eigenvalue weighted by atomic mass is 32.2. The number of benzene rings is 2. The minimum Gasteiger partial charge on any atom is -0.508 e. The van der Waals surface area contributed by atoms with E-state index >= 15 is 0 Å². The van der Waals surface area contributed by atoms with Crippen LogP contribution in [0.1, 0.15) is 11.1 Å². The van der Waals surface area contributed by atoms with Crippen molar-refractivity contribution in [2.24, 2.45) is 0 Å². The molecule has 0 saturated carbocycles. The molecule has 1 N–H and O–H groups in total. The molecular weight excluding hydrogens is 332 g/mol. The molecule has 0 fully saturated rings. The van der Waals surface area contributed by atoms with E-state index in [0.29, 0.717) is 5.56 Å². The van der Waals surface area contributed by atoms with Gasteiger partial charge in [-0.05, 0) is 38.1 Å². The van der Waals surface area contributed by atoms with Crippen molar-refractivity contribution in [2.45, 2.75) is 18.7 Å². The van der Waals surface area contributed by atoms with Gasteiger partial charge in [0.05, 0.1) is 11.5 Å². The zero-order valence-electron chi connectivity index (χ0n) is 12.9. The monoisotopic (exact) mass is 346 g/mol. The summed E-state index contributed by atoms with van der Waals surface area (Å²) in [5.74, 6) is -0.214. The van der Waals surface area contributed by atoms with Crippen LogP contribution in [0.2, 0.25) is 0 Å². The van der Waals surface area contributed by atoms with Gasteiger partial charge in [-0.1, -0.05) is 17.7 Å². The van der Waals surface area contributed by atoms with Crippen molar-refractivity contribution in [3.63, 3.8) is 0 Å². The van der Waals surface area contributed by atoms with Crippen LogP contribution in [-0.2, 0) is 10.1 Å². The predicted octanol–water partition coefficient (Wildman–Crippen LogP) is 2.88. The number of hydrogen-bond donors (Lipinski definition) is 1. The van der Waals surface area contributed by atoms with E-state index in [0.717, 1.165) is 11.6 Å². The van der Waals surface area contributed by atoms with Crippen molar-refractivity contribution in [1.82, 2.24) is 0 Å². The minimum absolute atomic E-state index is 0.0232. The summed E-state index contributed by atoms with van der Waals surface area (Å²) in [6.07, 6.45) is 0. The molecule has 0 bridgehead atoms. The maximum absolute atomic E-state index is 12.4. The van der Waals surface area contributed by atoms with Gasteiger partial charge in [0.25, 0.3) is 0 Å². The zero-order valence-corrected chi connectivity index (χ0v) is 13.8. The third-order valence-electron chi connectivity index (χ3n) is 3.60. The van der Waals surface area contributed by atoms with Gasteiger partial charge in [0.15, 0.2) is 5.75 Å². The van der Waals surface area contributed by atoms with Crippen LogP contribution >= 0.6 is 0 Å². The topological polar surface area (TPSA) is 93.8 Å². The molecule has 3 rings (SSSR count). The van der Waals surface area contributed by atoms with Gasteiger partial charge < -0.3 is 13.7 Å². The highest BCUT2D eigenvalue weighted by molar-refractivity contribution is 7.87. The van der Waals surface area contributed by atoms with Gasteiger partial charge in [0.1, 0.15) is 16.2 Å². The molecule has 0 spiro atoms. The van der Waals surface area contributed by atoms with Crippen LogP contribution in [0.5, 0.6) is 11.5 Å². The second-order valence-electron chi connectivity index (χ2n) is 5.37. The summed E-state index contributed by atoms with van der Waals surface area (Å²) in [6.45, 7) is 3.39. The van der Waals surface area contributed by atoms with Crippen molar-refractivity contribution in [2.75, 3.05) is 0 Å². The van der Waals surface area contributed by atoms with Gasteiger partial charge >= 0.3 is 15.7 Å². The Morgan fingerprint density at radius 2 is 1.71 bits per heavy atom. The van der Waals surface area contributed by atoms with Crippen LogP contribution in [0.3, 0.4) is 0 Å². The number of aryl methyl sites for hydroxylation is 2. The molecule has 0 aliphatic heterocycles. The zero-order chi connectivity index (χ0) is 17.5. The van der Waals surface area contributed by atoms with Crippen molar-refractivity contribution in [3.8, 4) is 11.5 Å². The maximum atomic E-state index is 12.4. The standard InChI is InChI=1S/C17H14O6S/c1-10-3-5-12(6-4-10)24(20,21)23-15-9-16(19)22-17-11(2)14(18)8-7-13(15)17/h3-9,18H,1-2H3. The quantitative estimate of drug-likeness (QED) is 0.579. The largest absolute Gasteiger partial charge is 0.508 e. The van der Waals surface area contributed by atoms with Crippen molar-refractivity contribution in [1.29, 1.82) is 0 Å². The van der Waals surface area contributed by atoms with Gasteiger partial charge in [-0.2, -0.15) is 8.42 Å². The second-order valence-corrected chi connectivity index (χ2v) is 6.91. The molecule has 0 aliphatic carbocycles. The summed E-state index contributed by atoms with van der Waals surface area (Å²) in [4.78, 5) is 11.7. The molecule has 1 heterocycles. The highest BCUT2D eigenvalue weighted by Gasteiger charge is 2.20. The first-order chi connectivity index (χ1) is 11.3. The van der Waals surface area contributed by atoms with Crippen LogP contribution in [0.15, 0.2) is 56.6 Å². The van der Waals surface area contributed by atoms with Crippen molar-refractivity contribution >= 4 is 21.1 Å². The van der Waals surface area contributed by atoms with Crippen molar-refractivity contribution < 1.29 is 22.1 Å². The normalized spacial score (nSPS) is 11.6. The fourth-order valence-corrected chi connectivity index (χ4v) is 3.20. The molecule has 7 heteroatoms. The van der Waals surface area contributed by atoms with E-state index in [1.165, 1.54) is 24.3 Å². The minimum atomic E-state index is -4.10. The lowest BCUT2D eigenvalue weighted by Gasteiger charge is -2.10. The molecular formula is C17H14O6S. The maximum Gasteiger partial charge on any atom is 0.340 e. The van der Waals surface area contributed by atoms with Gasteiger partial charge in [0.2, 0.25) is 0 Å². The number of phenols is 1. The first kappa shape index (κ1) is 16.1. The van der Waals surface area contributed by atoms with E-state index < -0.39 is 15.7 Å². The number of fused-ring (bicyclic) bond motifs is 1. The van der Waals surface area contributed by atoms with E-state index in [-0.39, 0.29) is 27.4 Å². The summed E-state index contributed by atoms with van der Waals surface area (Å²) < 4.78 is 35.0. The second kappa shape index (κ2) is 5.68. The van der Waals surface area contributed by atoms with E-state index in [9.17, 15) is 18.3 Å². The van der Waals surface area contributed by atoms with Crippen LogP contribution in [0.4, 0.5) is 0 Å². The number of aromatic hydroxyl groups is 1. The van der Waals surface area contributed by atoms with Gasteiger partial charge in [0, 0.05) is 5.56 Å². The lowest BCUT2D eigenvalue weighted by Crippen LogP contribution is -2.11. The number of hydrogen-bond acceptors (Lipinski definition) is 6. The molecule has 124 valence electrons. The molecule has 0 atom stereocenters. The van der Waals surface area contributed by atoms with Crippen LogP contribution in [-0.4, -0.2) is 13.5 Å². The molecule has 2 aromatic carbocycles. The Labute approximate surface area is 138 Å². The molecule has 0 radical (unpaired) electrons. The molecule has 0 aliphatic rings. The number of rotatable bonds is 3. The average molecular weight is 346 g/mol. The third kappa shape index (κ3) is 2.85. The molecule has 0 amide bonds. The smallest absolute Gasteiger partial charge is 0.340 e. The first-order valence-corrected chi connectivity index (χ1v) is 8.46. The molecule has 0 saturated heterocycles. The Kier molecular flexibility index (Phi) is 3.81. The lowest BCUT2D eigenvalue weighted by molar-refractivity contribution is 0.466. The van der Waals surface area contributed by atoms with Gasteiger partial charge in [-0.3, -0.25) is 0 Å². The Hall–Kier alpha value is -2.80. The summed E-state index contributed by atoms with van der Waals surface area (Å²) in [7, 11) is -4.10. The molecule has 1 aromatic heterocycles. The van der Waals surface area contributed by atoms with E-state index in [2.05, 4.69) is 0 Å². The molecule has 3 aromatic rings. The summed E-state index contributed by atoms with van der Waals surface area (Å²) >= 11 is 0.